The van der Waals surface area contributed by atoms with Gasteiger partial charge in [0.05, 0.1) is 0 Å². The molecule has 1 N–H and O–H groups in total. The minimum Gasteiger partial charge on any atom is -0.384 e. The second-order valence-corrected chi connectivity index (χ2v) is 6.45. The predicted molar refractivity (Wildman–Crippen MR) is 103 cm³/mol. The van der Waals surface area contributed by atoms with Gasteiger partial charge in [-0.3, -0.25) is 0 Å². The Bertz CT molecular complexity index is 717. The number of hydrogen-bond acceptors (Lipinski definition) is 1. The van der Waals surface area contributed by atoms with Crippen molar-refractivity contribution < 1.29 is 0 Å². The number of hydrogen-bond donors (Lipinski definition) is 1. The Labute approximate surface area is 139 Å². The van der Waals surface area contributed by atoms with E-state index in [4.69, 9.17) is 0 Å². The molecule has 0 spiro atoms. The predicted octanol–water partition coefficient (Wildman–Crippen LogP) is 6.62. The highest BCUT2D eigenvalue weighted by atomic mass is 14.9. The molecule has 1 heteroatoms. The van der Waals surface area contributed by atoms with Gasteiger partial charge in [0.2, 0.25) is 0 Å². The highest BCUT2D eigenvalue weighted by Crippen LogP contribution is 2.32. The standard InChI is InChI=1S/C22H27N/c1-3-17(4-2)10-9-15-23-22-20-13-7-5-11-18(20)16-19-12-6-8-14-21(19)22/h5-8,11-14,16-17,23H,3-4,9-10,15H2,1-2H3. The van der Waals surface area contributed by atoms with Crippen LogP contribution in [0.5, 0.6) is 0 Å². The van der Waals surface area contributed by atoms with Crippen molar-refractivity contribution in [2.45, 2.75) is 39.5 Å². The first-order valence-electron chi connectivity index (χ1n) is 8.97. The molecule has 0 saturated carbocycles. The van der Waals surface area contributed by atoms with Crippen LogP contribution in [0.15, 0.2) is 54.6 Å². The van der Waals surface area contributed by atoms with Crippen LogP contribution in [0, 0.1) is 5.92 Å². The summed E-state index contributed by atoms with van der Waals surface area (Å²) in [7, 11) is 0. The minimum absolute atomic E-state index is 0.876. The molecule has 0 aliphatic rings. The molecule has 0 fully saturated rings. The summed E-state index contributed by atoms with van der Waals surface area (Å²) in [5, 5.41) is 9.02. The summed E-state index contributed by atoms with van der Waals surface area (Å²) in [4.78, 5) is 0. The van der Waals surface area contributed by atoms with E-state index in [-0.39, 0.29) is 0 Å². The van der Waals surface area contributed by atoms with Crippen molar-refractivity contribution in [3.63, 3.8) is 0 Å². The molecule has 0 radical (unpaired) electrons. The molecule has 0 aliphatic carbocycles. The van der Waals surface area contributed by atoms with E-state index < -0.39 is 0 Å². The number of anilines is 1. The zero-order valence-electron chi connectivity index (χ0n) is 14.3. The molecule has 3 aromatic rings. The van der Waals surface area contributed by atoms with Gasteiger partial charge in [0.25, 0.3) is 0 Å². The summed E-state index contributed by atoms with van der Waals surface area (Å²) in [6.45, 7) is 5.66. The highest BCUT2D eigenvalue weighted by molar-refractivity contribution is 6.10. The average molecular weight is 305 g/mol. The summed E-state index contributed by atoms with van der Waals surface area (Å²) >= 11 is 0. The van der Waals surface area contributed by atoms with Crippen LogP contribution < -0.4 is 5.32 Å². The van der Waals surface area contributed by atoms with Gasteiger partial charge in [-0.15, -0.1) is 0 Å². The monoisotopic (exact) mass is 305 g/mol. The zero-order chi connectivity index (χ0) is 16.1. The van der Waals surface area contributed by atoms with Crippen LogP contribution in [0.3, 0.4) is 0 Å². The van der Waals surface area contributed by atoms with Gasteiger partial charge in [-0.2, -0.15) is 0 Å². The van der Waals surface area contributed by atoms with Crippen molar-refractivity contribution in [3.05, 3.63) is 54.6 Å². The lowest BCUT2D eigenvalue weighted by Gasteiger charge is -2.15. The summed E-state index contributed by atoms with van der Waals surface area (Å²) in [6.07, 6.45) is 5.16. The normalized spacial score (nSPS) is 11.4. The van der Waals surface area contributed by atoms with Crippen molar-refractivity contribution in [1.82, 2.24) is 0 Å². The maximum Gasteiger partial charge on any atom is 0.0499 e. The molecule has 0 heterocycles. The highest BCUT2D eigenvalue weighted by Gasteiger charge is 2.07. The number of benzene rings is 3. The molecule has 0 bridgehead atoms. The lowest BCUT2D eigenvalue weighted by molar-refractivity contribution is 0.447. The number of rotatable bonds is 7. The maximum absolute atomic E-state index is 3.73. The molecule has 3 aromatic carbocycles. The lowest BCUT2D eigenvalue weighted by Crippen LogP contribution is -2.06. The second kappa shape index (κ2) is 7.50. The van der Waals surface area contributed by atoms with E-state index in [1.807, 2.05) is 0 Å². The minimum atomic E-state index is 0.876. The molecular formula is C22H27N. The fourth-order valence-electron chi connectivity index (χ4n) is 3.51. The van der Waals surface area contributed by atoms with E-state index in [9.17, 15) is 0 Å². The Hall–Kier alpha value is -2.02. The van der Waals surface area contributed by atoms with Gasteiger partial charge in [-0.1, -0.05) is 75.2 Å². The lowest BCUT2D eigenvalue weighted by atomic mass is 9.97. The van der Waals surface area contributed by atoms with Crippen LogP contribution in [-0.2, 0) is 0 Å². The molecule has 0 saturated heterocycles. The summed E-state index contributed by atoms with van der Waals surface area (Å²) < 4.78 is 0. The van der Waals surface area contributed by atoms with E-state index in [0.29, 0.717) is 0 Å². The van der Waals surface area contributed by atoms with Crippen molar-refractivity contribution in [3.8, 4) is 0 Å². The number of nitrogens with one attached hydrogen (secondary N) is 1. The quantitative estimate of drug-likeness (QED) is 0.382. The molecular weight excluding hydrogens is 278 g/mol. The molecule has 0 atom stereocenters. The van der Waals surface area contributed by atoms with Gasteiger partial charge in [0.1, 0.15) is 0 Å². The SMILES string of the molecule is CCC(CC)CCCNc1c2ccccc2cc2ccccc12. The van der Waals surface area contributed by atoms with Crippen LogP contribution in [0.25, 0.3) is 21.5 Å². The third kappa shape index (κ3) is 3.50. The topological polar surface area (TPSA) is 12.0 Å². The Morgan fingerprint density at radius 3 is 1.96 bits per heavy atom. The third-order valence-corrected chi connectivity index (χ3v) is 5.02. The Balaban J connectivity index is 1.85. The van der Waals surface area contributed by atoms with E-state index in [1.165, 1.54) is 52.9 Å². The van der Waals surface area contributed by atoms with Gasteiger partial charge < -0.3 is 5.32 Å². The largest absolute Gasteiger partial charge is 0.384 e. The molecule has 23 heavy (non-hydrogen) atoms. The van der Waals surface area contributed by atoms with E-state index in [1.54, 1.807) is 0 Å². The van der Waals surface area contributed by atoms with E-state index >= 15 is 0 Å². The third-order valence-electron chi connectivity index (χ3n) is 5.02. The van der Waals surface area contributed by atoms with Gasteiger partial charge in [0.15, 0.2) is 0 Å². The summed E-state index contributed by atoms with van der Waals surface area (Å²) in [5.74, 6) is 0.876. The fourth-order valence-corrected chi connectivity index (χ4v) is 3.51. The van der Waals surface area contributed by atoms with Crippen molar-refractivity contribution >= 4 is 27.2 Å². The zero-order valence-corrected chi connectivity index (χ0v) is 14.3. The molecule has 1 nitrogen and oxygen atoms in total. The second-order valence-electron chi connectivity index (χ2n) is 6.45. The Morgan fingerprint density at radius 2 is 1.39 bits per heavy atom. The van der Waals surface area contributed by atoms with Crippen molar-refractivity contribution in [2.24, 2.45) is 5.92 Å². The van der Waals surface area contributed by atoms with E-state index in [2.05, 4.69) is 73.8 Å². The summed E-state index contributed by atoms with van der Waals surface area (Å²) in [5.41, 5.74) is 1.29. The number of fused-ring (bicyclic) bond motifs is 2. The Kier molecular flexibility index (Phi) is 5.17. The van der Waals surface area contributed by atoms with Crippen LogP contribution >= 0.6 is 0 Å². The van der Waals surface area contributed by atoms with Crippen LogP contribution in [0.1, 0.15) is 39.5 Å². The van der Waals surface area contributed by atoms with Gasteiger partial charge >= 0.3 is 0 Å². The molecule has 120 valence electrons. The fraction of sp³-hybridized carbons (Fsp3) is 0.364. The molecule has 0 unspecified atom stereocenters. The first-order chi connectivity index (χ1) is 11.3. The van der Waals surface area contributed by atoms with E-state index in [0.717, 1.165) is 12.5 Å². The first-order valence-corrected chi connectivity index (χ1v) is 8.97. The van der Waals surface area contributed by atoms with Crippen LogP contribution in [-0.4, -0.2) is 6.54 Å². The van der Waals surface area contributed by atoms with Crippen molar-refractivity contribution in [1.29, 1.82) is 0 Å². The molecule has 0 amide bonds. The van der Waals surface area contributed by atoms with Crippen LogP contribution in [0.2, 0.25) is 0 Å². The Morgan fingerprint density at radius 1 is 0.826 bits per heavy atom. The van der Waals surface area contributed by atoms with Crippen molar-refractivity contribution in [2.75, 3.05) is 11.9 Å². The molecule has 0 aromatic heterocycles. The smallest absolute Gasteiger partial charge is 0.0499 e. The van der Waals surface area contributed by atoms with Gasteiger partial charge in [0, 0.05) is 23.0 Å². The molecule has 0 aliphatic heterocycles. The van der Waals surface area contributed by atoms with Gasteiger partial charge in [-0.05, 0) is 35.6 Å². The van der Waals surface area contributed by atoms with Gasteiger partial charge in [-0.25, -0.2) is 0 Å². The van der Waals surface area contributed by atoms with Crippen LogP contribution in [0.4, 0.5) is 5.69 Å². The average Bonchev–Trinajstić information content (AvgIpc) is 2.61. The summed E-state index contributed by atoms with van der Waals surface area (Å²) in [6, 6.07) is 19.7. The maximum atomic E-state index is 3.73. The first kappa shape index (κ1) is 15.9. The molecule has 3 rings (SSSR count).